The van der Waals surface area contributed by atoms with Gasteiger partial charge < -0.3 is 10.1 Å². The van der Waals surface area contributed by atoms with E-state index in [0.29, 0.717) is 12.6 Å². The van der Waals surface area contributed by atoms with Gasteiger partial charge >= 0.3 is 0 Å². The number of nitrogens with one attached hydrogen (secondary N) is 1. The topological polar surface area (TPSA) is 21.3 Å². The van der Waals surface area contributed by atoms with Gasteiger partial charge in [-0.05, 0) is 25.8 Å². The Labute approximate surface area is 85.0 Å². The molecule has 86 valence electrons. The lowest BCUT2D eigenvalue weighted by atomic mass is 10.1. The summed E-state index contributed by atoms with van der Waals surface area (Å²) in [5, 5.41) is 3.33. The number of hydrogen-bond donors (Lipinski definition) is 1. The molecular formula is C10H21F2NO. The maximum Gasteiger partial charge on any atom is 0.261 e. The summed E-state index contributed by atoms with van der Waals surface area (Å²) in [5.74, 6) is 0. The molecule has 0 saturated carbocycles. The molecule has 0 fully saturated rings. The molecule has 0 rings (SSSR count). The zero-order valence-electron chi connectivity index (χ0n) is 9.06. The smallest absolute Gasteiger partial charge is 0.261 e. The molecule has 4 heteroatoms. The lowest BCUT2D eigenvalue weighted by Crippen LogP contribution is -2.28. The Bertz CT molecular complexity index is 123. The van der Waals surface area contributed by atoms with E-state index in [0.717, 1.165) is 25.8 Å². The summed E-state index contributed by atoms with van der Waals surface area (Å²) < 4.78 is 28.1. The molecule has 0 aliphatic carbocycles. The van der Waals surface area contributed by atoms with E-state index in [1.54, 1.807) is 0 Å². The van der Waals surface area contributed by atoms with Gasteiger partial charge in [0, 0.05) is 12.6 Å². The van der Waals surface area contributed by atoms with Crippen LogP contribution < -0.4 is 5.32 Å². The fourth-order valence-electron chi connectivity index (χ4n) is 1.34. The quantitative estimate of drug-likeness (QED) is 0.589. The summed E-state index contributed by atoms with van der Waals surface area (Å²) in [5.41, 5.74) is 0. The van der Waals surface area contributed by atoms with Crippen molar-refractivity contribution in [3.8, 4) is 0 Å². The summed E-state index contributed by atoms with van der Waals surface area (Å²) in [7, 11) is 0. The maximum atomic E-state index is 11.7. The van der Waals surface area contributed by atoms with E-state index in [-0.39, 0.29) is 0 Å². The fourth-order valence-corrected chi connectivity index (χ4v) is 1.34. The summed E-state index contributed by atoms with van der Waals surface area (Å²) in [6, 6.07) is 0.496. The van der Waals surface area contributed by atoms with Crippen LogP contribution in [0.15, 0.2) is 0 Å². The second-order valence-corrected chi connectivity index (χ2v) is 3.27. The van der Waals surface area contributed by atoms with Crippen molar-refractivity contribution in [2.24, 2.45) is 0 Å². The van der Waals surface area contributed by atoms with Gasteiger partial charge in [-0.15, -0.1) is 0 Å². The van der Waals surface area contributed by atoms with Gasteiger partial charge in [-0.25, -0.2) is 8.78 Å². The molecule has 14 heavy (non-hydrogen) atoms. The van der Waals surface area contributed by atoms with E-state index in [4.69, 9.17) is 4.74 Å². The molecule has 0 saturated heterocycles. The number of alkyl halides is 2. The van der Waals surface area contributed by atoms with Crippen LogP contribution in [0.1, 0.15) is 33.1 Å². The van der Waals surface area contributed by atoms with Gasteiger partial charge in [0.25, 0.3) is 6.43 Å². The van der Waals surface area contributed by atoms with Gasteiger partial charge in [0.1, 0.15) is 6.61 Å². The van der Waals surface area contributed by atoms with E-state index in [2.05, 4.69) is 19.2 Å². The van der Waals surface area contributed by atoms with Gasteiger partial charge in [0.05, 0.1) is 0 Å². The minimum absolute atomic E-state index is 0.433. The minimum Gasteiger partial charge on any atom is -0.376 e. The third kappa shape index (κ3) is 8.38. The summed E-state index contributed by atoms with van der Waals surface area (Å²) in [6.07, 6.45) is 0.569. The van der Waals surface area contributed by atoms with Crippen LogP contribution in [0, 0.1) is 0 Å². The molecule has 0 bridgehead atoms. The largest absolute Gasteiger partial charge is 0.376 e. The van der Waals surface area contributed by atoms with Gasteiger partial charge in [0.15, 0.2) is 0 Å². The minimum atomic E-state index is -2.34. The molecule has 0 aliphatic rings. The van der Waals surface area contributed by atoms with E-state index in [1.807, 2.05) is 0 Å². The van der Waals surface area contributed by atoms with Crippen LogP contribution >= 0.6 is 0 Å². The predicted octanol–water partition coefficient (Wildman–Crippen LogP) is 2.44. The highest BCUT2D eigenvalue weighted by molar-refractivity contribution is 4.63. The van der Waals surface area contributed by atoms with Gasteiger partial charge in [-0.1, -0.05) is 13.8 Å². The Hall–Kier alpha value is -0.220. The maximum absolute atomic E-state index is 11.7. The normalized spacial score (nSPS) is 13.5. The van der Waals surface area contributed by atoms with Crippen molar-refractivity contribution < 1.29 is 13.5 Å². The van der Waals surface area contributed by atoms with Crippen LogP contribution in [0.2, 0.25) is 0 Å². The van der Waals surface area contributed by atoms with Crippen LogP contribution in [-0.4, -0.2) is 32.2 Å². The number of ether oxygens (including phenoxy) is 1. The van der Waals surface area contributed by atoms with E-state index < -0.39 is 13.0 Å². The molecule has 1 N–H and O–H groups in total. The van der Waals surface area contributed by atoms with Crippen LogP contribution in [0.25, 0.3) is 0 Å². The monoisotopic (exact) mass is 209 g/mol. The highest BCUT2D eigenvalue weighted by Crippen LogP contribution is 2.02. The Balaban J connectivity index is 3.24. The highest BCUT2D eigenvalue weighted by Gasteiger charge is 2.04. The number of halogens is 2. The van der Waals surface area contributed by atoms with Crippen molar-refractivity contribution in [1.82, 2.24) is 5.32 Å². The third-order valence-corrected chi connectivity index (χ3v) is 2.07. The lowest BCUT2D eigenvalue weighted by molar-refractivity contribution is 0.0157. The SMILES string of the molecule is CCNC(CC)CCCOCC(F)F. The average molecular weight is 209 g/mol. The lowest BCUT2D eigenvalue weighted by Gasteiger charge is -2.15. The first kappa shape index (κ1) is 13.8. The first-order valence-corrected chi connectivity index (χ1v) is 5.29. The molecule has 0 aromatic carbocycles. The Morgan fingerprint density at radius 3 is 2.50 bits per heavy atom. The molecule has 0 amide bonds. The average Bonchev–Trinajstić information content (AvgIpc) is 2.15. The Kier molecular flexibility index (Phi) is 9.19. The fraction of sp³-hybridized carbons (Fsp3) is 1.00. The highest BCUT2D eigenvalue weighted by atomic mass is 19.3. The second-order valence-electron chi connectivity index (χ2n) is 3.27. The molecule has 0 aromatic heterocycles. The predicted molar refractivity (Wildman–Crippen MR) is 53.8 cm³/mol. The molecule has 0 aromatic rings. The molecule has 1 unspecified atom stereocenters. The van der Waals surface area contributed by atoms with Crippen LogP contribution in [0.3, 0.4) is 0 Å². The molecule has 0 aliphatic heterocycles. The van der Waals surface area contributed by atoms with Crippen molar-refractivity contribution in [3.05, 3.63) is 0 Å². The standard InChI is InChI=1S/C10H21F2NO/c1-3-9(13-4-2)6-5-7-14-8-10(11)12/h9-10,13H,3-8H2,1-2H3. The van der Waals surface area contributed by atoms with Crippen molar-refractivity contribution in [2.45, 2.75) is 45.6 Å². The first-order valence-electron chi connectivity index (χ1n) is 5.29. The van der Waals surface area contributed by atoms with E-state index in [1.165, 1.54) is 0 Å². The van der Waals surface area contributed by atoms with Crippen LogP contribution in [0.5, 0.6) is 0 Å². The van der Waals surface area contributed by atoms with E-state index >= 15 is 0 Å². The van der Waals surface area contributed by atoms with Gasteiger partial charge in [0.2, 0.25) is 0 Å². The van der Waals surface area contributed by atoms with E-state index in [9.17, 15) is 8.78 Å². The number of hydrogen-bond acceptors (Lipinski definition) is 2. The zero-order valence-corrected chi connectivity index (χ0v) is 9.06. The van der Waals surface area contributed by atoms with Gasteiger partial charge in [-0.2, -0.15) is 0 Å². The summed E-state index contributed by atoms with van der Waals surface area (Å²) >= 11 is 0. The van der Waals surface area contributed by atoms with Crippen LogP contribution in [-0.2, 0) is 4.74 Å². The van der Waals surface area contributed by atoms with Crippen LogP contribution in [0.4, 0.5) is 8.78 Å². The van der Waals surface area contributed by atoms with Crippen molar-refractivity contribution in [2.75, 3.05) is 19.8 Å². The molecule has 0 spiro atoms. The van der Waals surface area contributed by atoms with Crippen molar-refractivity contribution >= 4 is 0 Å². The summed E-state index contributed by atoms with van der Waals surface area (Å²) in [4.78, 5) is 0. The Morgan fingerprint density at radius 2 is 2.00 bits per heavy atom. The second kappa shape index (κ2) is 9.34. The molecule has 0 heterocycles. The molecule has 0 radical (unpaired) electrons. The molecular weight excluding hydrogens is 188 g/mol. The van der Waals surface area contributed by atoms with Crippen molar-refractivity contribution in [3.63, 3.8) is 0 Å². The third-order valence-electron chi connectivity index (χ3n) is 2.07. The summed E-state index contributed by atoms with van der Waals surface area (Å²) in [6.45, 7) is 5.14. The van der Waals surface area contributed by atoms with Gasteiger partial charge in [-0.3, -0.25) is 0 Å². The first-order chi connectivity index (χ1) is 6.70. The Morgan fingerprint density at radius 1 is 1.29 bits per heavy atom. The molecule has 1 atom stereocenters. The van der Waals surface area contributed by atoms with Crippen molar-refractivity contribution in [1.29, 1.82) is 0 Å². The zero-order chi connectivity index (χ0) is 10.8. The molecule has 2 nitrogen and oxygen atoms in total. The number of rotatable bonds is 9.